The number of hydrogen-bond acceptors (Lipinski definition) is 3. The molecule has 0 radical (unpaired) electrons. The van der Waals surface area contributed by atoms with Crippen LogP contribution in [0, 0.1) is 18.7 Å². The van der Waals surface area contributed by atoms with Gasteiger partial charge >= 0.3 is 0 Å². The fourth-order valence-electron chi connectivity index (χ4n) is 2.60. The molecule has 2 unspecified atom stereocenters. The Kier molecular flexibility index (Phi) is 4.18. The van der Waals surface area contributed by atoms with Crippen LogP contribution in [0.1, 0.15) is 17.2 Å². The van der Waals surface area contributed by atoms with Gasteiger partial charge in [-0.25, -0.2) is 9.82 Å². The van der Waals surface area contributed by atoms with E-state index in [1.54, 1.807) is 12.1 Å². The zero-order chi connectivity index (χ0) is 15.5. The van der Waals surface area contributed by atoms with Gasteiger partial charge in [0.1, 0.15) is 5.82 Å². The van der Waals surface area contributed by atoms with Crippen LogP contribution in [0.3, 0.4) is 0 Å². The molecule has 1 saturated heterocycles. The molecule has 3 rings (SSSR count). The molecule has 2 aromatic rings. The van der Waals surface area contributed by atoms with Gasteiger partial charge in [-0.2, -0.15) is 0 Å². The van der Waals surface area contributed by atoms with Gasteiger partial charge in [0.2, 0.25) is 5.91 Å². The summed E-state index contributed by atoms with van der Waals surface area (Å²) in [6.45, 7) is 2.53. The summed E-state index contributed by atoms with van der Waals surface area (Å²) in [5.41, 5.74) is 8.90. The van der Waals surface area contributed by atoms with Crippen LogP contribution in [0.5, 0.6) is 0 Å². The van der Waals surface area contributed by atoms with Gasteiger partial charge in [-0.05, 0) is 36.8 Å². The number of nitrogens with one attached hydrogen (secondary N) is 3. The predicted octanol–water partition coefficient (Wildman–Crippen LogP) is 2.54. The van der Waals surface area contributed by atoms with Crippen molar-refractivity contribution in [3.8, 4) is 0 Å². The lowest BCUT2D eigenvalue weighted by Crippen LogP contribution is -2.29. The Bertz CT molecular complexity index is 655. The van der Waals surface area contributed by atoms with Crippen LogP contribution in [0.4, 0.5) is 10.1 Å². The minimum Gasteiger partial charge on any atom is -0.326 e. The Morgan fingerprint density at radius 3 is 2.50 bits per heavy atom. The van der Waals surface area contributed by atoms with E-state index in [0.29, 0.717) is 6.54 Å². The first kappa shape index (κ1) is 14.7. The fourth-order valence-corrected chi connectivity index (χ4v) is 2.60. The molecule has 0 aromatic heterocycles. The summed E-state index contributed by atoms with van der Waals surface area (Å²) in [5.74, 6) is -0.599. The molecule has 22 heavy (non-hydrogen) atoms. The van der Waals surface area contributed by atoms with E-state index >= 15 is 0 Å². The summed E-state index contributed by atoms with van der Waals surface area (Å²) in [4.78, 5) is 12.5. The molecule has 1 aliphatic rings. The molecule has 2 atom stereocenters. The number of carbonyl (C=O) groups excluding carboxylic acids is 1. The van der Waals surface area contributed by atoms with Crippen LogP contribution in [-0.4, -0.2) is 12.5 Å². The van der Waals surface area contributed by atoms with Crippen LogP contribution in [0.25, 0.3) is 0 Å². The highest BCUT2D eigenvalue weighted by Crippen LogP contribution is 2.26. The molecule has 4 nitrogen and oxygen atoms in total. The van der Waals surface area contributed by atoms with E-state index in [0.717, 1.165) is 16.8 Å². The Morgan fingerprint density at radius 2 is 1.82 bits per heavy atom. The average molecular weight is 299 g/mol. The highest BCUT2D eigenvalue weighted by atomic mass is 19.1. The molecule has 0 spiro atoms. The number of anilines is 1. The van der Waals surface area contributed by atoms with Crippen molar-refractivity contribution in [2.75, 3.05) is 11.9 Å². The lowest BCUT2D eigenvalue weighted by atomic mass is 9.94. The lowest BCUT2D eigenvalue weighted by molar-refractivity contribution is -0.119. The maximum absolute atomic E-state index is 13.0. The Balaban J connectivity index is 1.73. The monoisotopic (exact) mass is 299 g/mol. The molecule has 0 bridgehead atoms. The van der Waals surface area contributed by atoms with Crippen LogP contribution in [0.15, 0.2) is 48.5 Å². The van der Waals surface area contributed by atoms with E-state index in [2.05, 4.69) is 16.2 Å². The number of amides is 1. The van der Waals surface area contributed by atoms with Crippen molar-refractivity contribution in [2.45, 2.75) is 13.0 Å². The van der Waals surface area contributed by atoms with E-state index in [4.69, 9.17) is 0 Å². The average Bonchev–Trinajstić information content (AvgIpc) is 3.00. The van der Waals surface area contributed by atoms with E-state index in [-0.39, 0.29) is 23.7 Å². The summed E-state index contributed by atoms with van der Waals surface area (Å²) < 4.78 is 13.0. The van der Waals surface area contributed by atoms with Gasteiger partial charge in [-0.1, -0.05) is 29.8 Å². The number of halogens is 1. The molecule has 2 aromatic carbocycles. The second-order valence-electron chi connectivity index (χ2n) is 5.52. The number of carbonyl (C=O) groups is 1. The van der Waals surface area contributed by atoms with Crippen molar-refractivity contribution in [1.82, 2.24) is 10.9 Å². The highest BCUT2D eigenvalue weighted by molar-refractivity contribution is 5.93. The van der Waals surface area contributed by atoms with Gasteiger partial charge in [0.25, 0.3) is 0 Å². The molecule has 1 amide bonds. The van der Waals surface area contributed by atoms with Crippen molar-refractivity contribution in [3.63, 3.8) is 0 Å². The number of hydrazine groups is 1. The fraction of sp³-hybridized carbons (Fsp3) is 0.235. The predicted molar refractivity (Wildman–Crippen MR) is 83.6 cm³/mol. The third-order valence-corrected chi connectivity index (χ3v) is 3.87. The van der Waals surface area contributed by atoms with E-state index in [1.165, 1.54) is 12.1 Å². The van der Waals surface area contributed by atoms with Crippen LogP contribution >= 0.6 is 0 Å². The zero-order valence-corrected chi connectivity index (χ0v) is 12.3. The summed E-state index contributed by atoms with van der Waals surface area (Å²) in [6, 6.07) is 13.7. The minimum atomic E-state index is -0.282. The number of hydrogen-bond donors (Lipinski definition) is 3. The Hall–Kier alpha value is -2.24. The summed E-state index contributed by atoms with van der Waals surface area (Å²) >= 11 is 0. The number of benzene rings is 2. The smallest absolute Gasteiger partial charge is 0.230 e. The van der Waals surface area contributed by atoms with Crippen LogP contribution < -0.4 is 16.2 Å². The van der Waals surface area contributed by atoms with E-state index in [9.17, 15) is 9.18 Å². The molecular weight excluding hydrogens is 281 g/mol. The van der Waals surface area contributed by atoms with E-state index in [1.807, 2.05) is 31.2 Å². The van der Waals surface area contributed by atoms with Gasteiger partial charge in [-0.15, -0.1) is 0 Å². The Morgan fingerprint density at radius 1 is 1.14 bits per heavy atom. The molecule has 0 saturated carbocycles. The van der Waals surface area contributed by atoms with Crippen molar-refractivity contribution in [1.29, 1.82) is 0 Å². The molecule has 3 N–H and O–H groups in total. The quantitative estimate of drug-likeness (QED) is 0.816. The van der Waals surface area contributed by atoms with Crippen molar-refractivity contribution < 1.29 is 9.18 Å². The maximum Gasteiger partial charge on any atom is 0.230 e. The van der Waals surface area contributed by atoms with Gasteiger partial charge < -0.3 is 5.32 Å². The number of rotatable bonds is 3. The summed E-state index contributed by atoms with van der Waals surface area (Å²) in [6.07, 6.45) is 0. The first-order chi connectivity index (χ1) is 10.6. The zero-order valence-electron chi connectivity index (χ0n) is 12.3. The SMILES string of the molecule is Cc1ccc(NC(=O)C2CNNC2c2ccc(F)cc2)cc1. The minimum absolute atomic E-state index is 0.0596. The molecule has 114 valence electrons. The third-order valence-electron chi connectivity index (χ3n) is 3.87. The lowest BCUT2D eigenvalue weighted by Gasteiger charge is -2.18. The second kappa shape index (κ2) is 6.25. The van der Waals surface area contributed by atoms with Gasteiger partial charge in [-0.3, -0.25) is 10.2 Å². The molecule has 0 aliphatic carbocycles. The van der Waals surface area contributed by atoms with Crippen molar-refractivity contribution >= 4 is 11.6 Å². The van der Waals surface area contributed by atoms with Crippen molar-refractivity contribution in [2.24, 2.45) is 5.92 Å². The van der Waals surface area contributed by atoms with Gasteiger partial charge in [0.05, 0.1) is 12.0 Å². The normalized spacial score (nSPS) is 20.8. The van der Waals surface area contributed by atoms with Gasteiger partial charge in [0, 0.05) is 12.2 Å². The molecular formula is C17H18FN3O. The first-order valence-electron chi connectivity index (χ1n) is 7.25. The maximum atomic E-state index is 13.0. The molecule has 1 aliphatic heterocycles. The van der Waals surface area contributed by atoms with Crippen LogP contribution in [0.2, 0.25) is 0 Å². The Labute approximate surface area is 128 Å². The third kappa shape index (κ3) is 3.16. The second-order valence-corrected chi connectivity index (χ2v) is 5.52. The summed E-state index contributed by atoms with van der Waals surface area (Å²) in [5, 5.41) is 2.93. The molecule has 1 fully saturated rings. The highest BCUT2D eigenvalue weighted by Gasteiger charge is 2.33. The number of aryl methyl sites for hydroxylation is 1. The van der Waals surface area contributed by atoms with Gasteiger partial charge in [0.15, 0.2) is 0 Å². The summed E-state index contributed by atoms with van der Waals surface area (Å²) in [7, 11) is 0. The standard InChI is InChI=1S/C17H18FN3O/c1-11-2-8-14(9-3-11)20-17(22)15-10-19-21-16(15)12-4-6-13(18)7-5-12/h2-9,15-16,19,21H,10H2,1H3,(H,20,22). The first-order valence-corrected chi connectivity index (χ1v) is 7.25. The molecule has 5 heteroatoms. The largest absolute Gasteiger partial charge is 0.326 e. The van der Waals surface area contributed by atoms with Crippen LogP contribution in [-0.2, 0) is 4.79 Å². The topological polar surface area (TPSA) is 53.2 Å². The molecule has 1 heterocycles. The van der Waals surface area contributed by atoms with Crippen molar-refractivity contribution in [3.05, 3.63) is 65.5 Å². The van der Waals surface area contributed by atoms with E-state index < -0.39 is 0 Å².